The number of para-hydroxylation sites is 1. The Morgan fingerprint density at radius 1 is 0.882 bits per heavy atom. The number of hydrogen-bond donors (Lipinski definition) is 2. The topological polar surface area (TPSA) is 97.4 Å². The summed E-state index contributed by atoms with van der Waals surface area (Å²) in [5.74, 6) is -2.51. The lowest BCUT2D eigenvalue weighted by atomic mass is 10.0. The van der Waals surface area contributed by atoms with E-state index in [0.717, 1.165) is 0 Å². The summed E-state index contributed by atoms with van der Waals surface area (Å²) in [6.07, 6.45) is 0. The van der Waals surface area contributed by atoms with E-state index in [4.69, 9.17) is 16.3 Å². The summed E-state index contributed by atoms with van der Waals surface area (Å²) in [5, 5.41) is 0.757. The quantitative estimate of drug-likeness (QED) is 0.330. The van der Waals surface area contributed by atoms with Crippen LogP contribution in [0.15, 0.2) is 78.9 Å². The van der Waals surface area contributed by atoms with Gasteiger partial charge in [0.1, 0.15) is 5.82 Å². The van der Waals surface area contributed by atoms with Crippen LogP contribution in [0.4, 0.5) is 4.39 Å². The van der Waals surface area contributed by atoms with Crippen LogP contribution in [0.25, 0.3) is 22.2 Å². The molecule has 4 rings (SSSR count). The van der Waals surface area contributed by atoms with E-state index in [1.54, 1.807) is 54.6 Å². The number of carbonyl (C=O) groups is 3. The molecule has 3 aromatic carbocycles. The van der Waals surface area contributed by atoms with E-state index in [1.165, 1.54) is 24.3 Å². The molecule has 9 heteroatoms. The molecule has 0 unspecified atom stereocenters. The molecule has 0 saturated carbocycles. The molecule has 2 amide bonds. The highest BCUT2D eigenvalue weighted by molar-refractivity contribution is 6.33. The number of rotatable bonds is 5. The van der Waals surface area contributed by atoms with Gasteiger partial charge in [-0.15, -0.1) is 0 Å². The number of aromatic nitrogens is 1. The van der Waals surface area contributed by atoms with Crippen molar-refractivity contribution in [3.8, 4) is 11.3 Å². The number of nitrogens with zero attached hydrogens (tertiary/aromatic N) is 1. The van der Waals surface area contributed by atoms with Gasteiger partial charge in [0, 0.05) is 10.9 Å². The first-order valence-corrected chi connectivity index (χ1v) is 10.5. The summed E-state index contributed by atoms with van der Waals surface area (Å²) in [6.45, 7) is -0.635. The molecule has 0 saturated heterocycles. The van der Waals surface area contributed by atoms with Crippen molar-refractivity contribution in [3.63, 3.8) is 0 Å². The molecule has 0 aliphatic heterocycles. The molecule has 2 N–H and O–H groups in total. The third kappa shape index (κ3) is 5.19. The number of pyridine rings is 1. The molecule has 0 bridgehead atoms. The van der Waals surface area contributed by atoms with Gasteiger partial charge in [0.2, 0.25) is 0 Å². The Morgan fingerprint density at radius 3 is 2.35 bits per heavy atom. The third-order valence-electron chi connectivity index (χ3n) is 4.84. The smallest absolute Gasteiger partial charge is 0.339 e. The maximum absolute atomic E-state index is 13.3. The zero-order valence-electron chi connectivity index (χ0n) is 17.5. The highest BCUT2D eigenvalue weighted by Gasteiger charge is 2.17. The van der Waals surface area contributed by atoms with Gasteiger partial charge in [-0.05, 0) is 48.5 Å². The first-order valence-electron chi connectivity index (χ1n) is 10.1. The summed E-state index contributed by atoms with van der Waals surface area (Å²) in [7, 11) is 0. The van der Waals surface area contributed by atoms with E-state index in [2.05, 4.69) is 15.8 Å². The van der Waals surface area contributed by atoms with E-state index in [1.807, 2.05) is 0 Å². The number of hydrazine groups is 1. The van der Waals surface area contributed by atoms with E-state index < -0.39 is 30.2 Å². The van der Waals surface area contributed by atoms with Crippen LogP contribution in [0, 0.1) is 5.82 Å². The number of ether oxygens (including phenoxy) is 1. The number of fused-ring (bicyclic) bond motifs is 1. The van der Waals surface area contributed by atoms with Gasteiger partial charge in [0.25, 0.3) is 11.8 Å². The van der Waals surface area contributed by atoms with Gasteiger partial charge in [-0.1, -0.05) is 41.9 Å². The molecule has 0 spiro atoms. The molecular weight excluding hydrogens is 461 g/mol. The molecule has 0 atom stereocenters. The van der Waals surface area contributed by atoms with E-state index >= 15 is 0 Å². The zero-order chi connectivity index (χ0) is 24.1. The zero-order valence-corrected chi connectivity index (χ0v) is 18.3. The minimum atomic E-state index is -0.755. The van der Waals surface area contributed by atoms with Crippen LogP contribution in [-0.2, 0) is 9.53 Å². The van der Waals surface area contributed by atoms with Gasteiger partial charge in [-0.3, -0.25) is 20.4 Å². The van der Waals surface area contributed by atoms with Crippen LogP contribution in [0.5, 0.6) is 0 Å². The average molecular weight is 478 g/mol. The number of hydrogen-bond acceptors (Lipinski definition) is 5. The second-order valence-corrected chi connectivity index (χ2v) is 7.54. The molecule has 0 radical (unpaired) electrons. The van der Waals surface area contributed by atoms with Gasteiger partial charge in [0.05, 0.1) is 27.4 Å². The Hall–Kier alpha value is -4.30. The predicted molar refractivity (Wildman–Crippen MR) is 124 cm³/mol. The molecule has 1 aromatic heterocycles. The largest absolute Gasteiger partial charge is 0.452 e. The van der Waals surface area contributed by atoms with Crippen LogP contribution < -0.4 is 10.9 Å². The monoisotopic (exact) mass is 477 g/mol. The van der Waals surface area contributed by atoms with Gasteiger partial charge in [0.15, 0.2) is 6.61 Å². The SMILES string of the molecule is O=C(COC(=O)c1cc(-c2ccc(F)cc2)nc2ccccc12)NNC(=O)c1ccccc1Cl. The summed E-state index contributed by atoms with van der Waals surface area (Å²) in [5.41, 5.74) is 6.35. The molecule has 170 valence electrons. The van der Waals surface area contributed by atoms with Crippen LogP contribution in [0.1, 0.15) is 20.7 Å². The Labute approximate surface area is 198 Å². The van der Waals surface area contributed by atoms with Gasteiger partial charge in [-0.2, -0.15) is 0 Å². The van der Waals surface area contributed by atoms with Crippen LogP contribution in [-0.4, -0.2) is 29.4 Å². The Kier molecular flexibility index (Phi) is 6.79. The van der Waals surface area contributed by atoms with Crippen molar-refractivity contribution in [1.82, 2.24) is 15.8 Å². The predicted octanol–water partition coefficient (Wildman–Crippen LogP) is 4.31. The van der Waals surface area contributed by atoms with Crippen molar-refractivity contribution in [3.05, 3.63) is 101 Å². The fourth-order valence-corrected chi connectivity index (χ4v) is 3.42. The molecule has 1 heterocycles. The molecule has 7 nitrogen and oxygen atoms in total. The molecule has 0 fully saturated rings. The fourth-order valence-electron chi connectivity index (χ4n) is 3.20. The van der Waals surface area contributed by atoms with E-state index in [-0.39, 0.29) is 16.1 Å². The van der Waals surface area contributed by atoms with Gasteiger partial charge < -0.3 is 4.74 Å². The molecular formula is C25H17ClFN3O4. The number of amides is 2. The summed E-state index contributed by atoms with van der Waals surface area (Å²) in [6, 6.07) is 20.5. The number of esters is 1. The number of carbonyl (C=O) groups excluding carboxylic acids is 3. The second-order valence-electron chi connectivity index (χ2n) is 7.14. The molecule has 4 aromatic rings. The summed E-state index contributed by atoms with van der Waals surface area (Å²) < 4.78 is 18.5. The summed E-state index contributed by atoms with van der Waals surface area (Å²) >= 11 is 5.95. The highest BCUT2D eigenvalue weighted by Crippen LogP contribution is 2.25. The first-order chi connectivity index (χ1) is 16.4. The third-order valence-corrected chi connectivity index (χ3v) is 5.17. The lowest BCUT2D eigenvalue weighted by Gasteiger charge is -2.11. The van der Waals surface area contributed by atoms with Crippen LogP contribution >= 0.6 is 11.6 Å². The van der Waals surface area contributed by atoms with Crippen molar-refractivity contribution in [2.24, 2.45) is 0 Å². The maximum atomic E-state index is 13.3. The van der Waals surface area contributed by atoms with Crippen LogP contribution in [0.2, 0.25) is 5.02 Å². The lowest BCUT2D eigenvalue weighted by Crippen LogP contribution is -2.43. The van der Waals surface area contributed by atoms with E-state index in [9.17, 15) is 18.8 Å². The van der Waals surface area contributed by atoms with E-state index in [0.29, 0.717) is 22.2 Å². The van der Waals surface area contributed by atoms with Gasteiger partial charge >= 0.3 is 5.97 Å². The van der Waals surface area contributed by atoms with Crippen molar-refractivity contribution >= 4 is 40.3 Å². The van der Waals surface area contributed by atoms with Gasteiger partial charge in [-0.25, -0.2) is 14.2 Å². The van der Waals surface area contributed by atoms with Crippen molar-refractivity contribution in [1.29, 1.82) is 0 Å². The highest BCUT2D eigenvalue weighted by atomic mass is 35.5. The summed E-state index contributed by atoms with van der Waals surface area (Å²) in [4.78, 5) is 41.6. The standard InChI is InChI=1S/C25H17ClFN3O4/c26-20-7-3-1-6-18(20)24(32)30-29-23(31)14-34-25(33)19-13-22(15-9-11-16(27)12-10-15)28-21-8-4-2-5-17(19)21/h1-13H,14H2,(H,29,31)(H,30,32). The minimum absolute atomic E-state index is 0.179. The van der Waals surface area contributed by atoms with Crippen molar-refractivity contribution < 1.29 is 23.5 Å². The second kappa shape index (κ2) is 10.1. The minimum Gasteiger partial charge on any atom is -0.452 e. The first kappa shape index (κ1) is 22.9. The number of benzene rings is 3. The Balaban J connectivity index is 1.46. The Morgan fingerprint density at radius 2 is 1.59 bits per heavy atom. The van der Waals surface area contributed by atoms with Crippen molar-refractivity contribution in [2.45, 2.75) is 0 Å². The fraction of sp³-hybridized carbons (Fsp3) is 0.0400. The Bertz CT molecular complexity index is 1390. The van der Waals surface area contributed by atoms with Crippen LogP contribution in [0.3, 0.4) is 0 Å². The maximum Gasteiger partial charge on any atom is 0.339 e. The molecule has 34 heavy (non-hydrogen) atoms. The molecule has 0 aliphatic rings. The normalized spacial score (nSPS) is 10.5. The number of halogens is 2. The molecule has 0 aliphatic carbocycles. The average Bonchev–Trinajstić information content (AvgIpc) is 2.86. The lowest BCUT2D eigenvalue weighted by molar-refractivity contribution is -0.125. The van der Waals surface area contributed by atoms with Crippen molar-refractivity contribution in [2.75, 3.05) is 6.61 Å². The number of nitrogens with one attached hydrogen (secondary N) is 2.